The van der Waals surface area contributed by atoms with E-state index in [0.717, 1.165) is 11.8 Å². The fraction of sp³-hybridized carbons (Fsp3) is 0.500. The molecule has 0 aliphatic carbocycles. The van der Waals surface area contributed by atoms with Crippen LogP contribution in [-0.4, -0.2) is 42.4 Å². The van der Waals surface area contributed by atoms with Gasteiger partial charge in [0, 0.05) is 37.8 Å². The van der Waals surface area contributed by atoms with E-state index in [9.17, 15) is 9.36 Å². The molecule has 1 rings (SSSR count). The van der Waals surface area contributed by atoms with Crippen LogP contribution in [0.15, 0.2) is 30.3 Å². The normalized spacial score (nSPS) is 14.0. The second-order valence-corrected chi connectivity index (χ2v) is 7.41. The van der Waals surface area contributed by atoms with Gasteiger partial charge in [0.2, 0.25) is 0 Å². The topological polar surface area (TPSA) is 58.6 Å². The highest BCUT2D eigenvalue weighted by molar-refractivity contribution is 7.54. The number of hydrogen-bond acceptors (Lipinski definition) is 3. The quantitative estimate of drug-likeness (QED) is 0.266. The first-order valence-corrected chi connectivity index (χ1v) is 9.65. The van der Waals surface area contributed by atoms with E-state index in [1.54, 1.807) is 4.67 Å². The Morgan fingerprint density at radius 1 is 1.18 bits per heavy atom. The van der Waals surface area contributed by atoms with Gasteiger partial charge in [-0.2, -0.15) is 0 Å². The van der Waals surface area contributed by atoms with Crippen molar-refractivity contribution in [2.45, 2.75) is 13.0 Å². The number of nitrogens with one attached hydrogen (secondary N) is 1. The zero-order valence-electron chi connectivity index (χ0n) is 12.3. The molecule has 1 unspecified atom stereocenters. The third-order valence-corrected chi connectivity index (χ3v) is 5.47. The zero-order valence-corrected chi connectivity index (χ0v) is 14.7. The summed E-state index contributed by atoms with van der Waals surface area (Å²) in [6.07, 6.45) is 1.02. The lowest BCUT2D eigenvalue weighted by Gasteiger charge is -2.30. The molecule has 5 nitrogen and oxygen atoms in total. The van der Waals surface area contributed by atoms with Gasteiger partial charge in [0.05, 0.1) is 6.61 Å². The van der Waals surface area contributed by atoms with Gasteiger partial charge in [0.15, 0.2) is 0 Å². The Hall–Kier alpha value is -0.420. The molecule has 0 fully saturated rings. The van der Waals surface area contributed by atoms with E-state index < -0.39 is 7.67 Å². The molecule has 0 heterocycles. The number of nitrogens with zero attached hydrogens (tertiary/aromatic N) is 1. The van der Waals surface area contributed by atoms with Gasteiger partial charge in [-0.3, -0.25) is 4.57 Å². The van der Waals surface area contributed by atoms with Crippen molar-refractivity contribution in [3.63, 3.8) is 0 Å². The Morgan fingerprint density at radius 3 is 2.36 bits per heavy atom. The number of alkyl halides is 2. The average molecular weight is 367 g/mol. The van der Waals surface area contributed by atoms with Crippen molar-refractivity contribution in [2.24, 2.45) is 0 Å². The number of rotatable bonds is 12. The van der Waals surface area contributed by atoms with Crippen molar-refractivity contribution in [3.8, 4) is 0 Å². The lowest BCUT2D eigenvalue weighted by Crippen LogP contribution is -2.33. The summed E-state index contributed by atoms with van der Waals surface area (Å²) >= 11 is 11.5. The van der Waals surface area contributed by atoms with Crippen LogP contribution < -0.4 is 5.09 Å². The molecule has 0 saturated heterocycles. The summed E-state index contributed by atoms with van der Waals surface area (Å²) in [6, 6.07) is 9.46. The van der Waals surface area contributed by atoms with Crippen molar-refractivity contribution in [3.05, 3.63) is 35.9 Å². The number of carbonyl (C=O) groups is 1. The molecule has 8 heteroatoms. The minimum atomic E-state index is -3.30. The molecule has 0 saturated carbocycles. The van der Waals surface area contributed by atoms with E-state index in [1.165, 1.54) is 0 Å². The van der Waals surface area contributed by atoms with E-state index in [0.29, 0.717) is 24.8 Å². The second-order valence-electron chi connectivity index (χ2n) is 4.47. The van der Waals surface area contributed by atoms with Crippen LogP contribution in [0.5, 0.6) is 0 Å². The molecule has 0 aliphatic rings. The van der Waals surface area contributed by atoms with Crippen LogP contribution in [0, 0.1) is 0 Å². The van der Waals surface area contributed by atoms with Crippen molar-refractivity contribution in [1.82, 2.24) is 9.76 Å². The smallest absolute Gasteiger partial charge is 0.303 e. The molecule has 1 atom stereocenters. The first-order valence-electron chi connectivity index (χ1n) is 7.01. The first-order chi connectivity index (χ1) is 10.7. The van der Waals surface area contributed by atoms with Gasteiger partial charge in [-0.15, -0.1) is 23.2 Å². The Bertz CT molecular complexity index is 470. The fourth-order valence-corrected chi connectivity index (χ4v) is 4.36. The van der Waals surface area contributed by atoms with Crippen LogP contribution in [0.25, 0.3) is 0 Å². The summed E-state index contributed by atoms with van der Waals surface area (Å²) in [5, 5.41) is 2.85. The summed E-state index contributed by atoms with van der Waals surface area (Å²) < 4.78 is 20.4. The lowest BCUT2D eigenvalue weighted by atomic mass is 10.2. The highest BCUT2D eigenvalue weighted by Gasteiger charge is 2.30. The molecule has 0 aliphatic heterocycles. The molecule has 0 aromatic heterocycles. The maximum Gasteiger partial charge on any atom is 0.343 e. The SMILES string of the molecule is O=CCCNP(=O)(OCc1ccccc1)N(CCCl)CCCl. The van der Waals surface area contributed by atoms with Crippen LogP contribution in [0.2, 0.25) is 0 Å². The molecule has 22 heavy (non-hydrogen) atoms. The molecule has 1 N–H and O–H groups in total. The van der Waals surface area contributed by atoms with Gasteiger partial charge >= 0.3 is 7.67 Å². The van der Waals surface area contributed by atoms with Crippen molar-refractivity contribution >= 4 is 37.2 Å². The monoisotopic (exact) mass is 366 g/mol. The first kappa shape index (κ1) is 19.6. The average Bonchev–Trinajstić information content (AvgIpc) is 2.54. The number of hydrogen-bond donors (Lipinski definition) is 1. The van der Waals surface area contributed by atoms with E-state index in [-0.39, 0.29) is 19.6 Å². The molecule has 0 spiro atoms. The Morgan fingerprint density at radius 2 is 1.82 bits per heavy atom. The minimum Gasteiger partial charge on any atom is -0.303 e. The maximum absolute atomic E-state index is 13.1. The molecule has 0 radical (unpaired) electrons. The predicted molar refractivity (Wildman–Crippen MR) is 90.5 cm³/mol. The van der Waals surface area contributed by atoms with Crippen LogP contribution in [-0.2, 0) is 20.5 Å². The standard InChI is InChI=1S/C14H21Cl2N2O3P/c15-7-10-18(11-8-16)22(20,17-9-4-12-19)21-13-14-5-2-1-3-6-14/h1-3,5-6,12H,4,7-11,13H2,(H,17,20). The largest absolute Gasteiger partial charge is 0.343 e. The third-order valence-electron chi connectivity index (χ3n) is 2.88. The highest BCUT2D eigenvalue weighted by atomic mass is 35.5. The van der Waals surface area contributed by atoms with E-state index >= 15 is 0 Å². The van der Waals surface area contributed by atoms with Gasteiger partial charge in [0.25, 0.3) is 0 Å². The molecule has 1 aromatic carbocycles. The van der Waals surface area contributed by atoms with Crippen LogP contribution in [0.1, 0.15) is 12.0 Å². The third kappa shape index (κ3) is 6.78. The number of carbonyl (C=O) groups excluding carboxylic acids is 1. The van der Waals surface area contributed by atoms with Crippen molar-refractivity contribution in [2.75, 3.05) is 31.4 Å². The molecule has 0 bridgehead atoms. The minimum absolute atomic E-state index is 0.202. The summed E-state index contributed by atoms with van der Waals surface area (Å²) in [5.41, 5.74) is 0.914. The Balaban J connectivity index is 2.78. The maximum atomic E-state index is 13.1. The Labute approximate surface area is 141 Å². The number of aldehydes is 1. The van der Waals surface area contributed by atoms with Crippen LogP contribution in [0.3, 0.4) is 0 Å². The summed E-state index contributed by atoms with van der Waals surface area (Å²) in [7, 11) is -3.30. The lowest BCUT2D eigenvalue weighted by molar-refractivity contribution is -0.107. The van der Waals surface area contributed by atoms with Crippen LogP contribution >= 0.6 is 30.9 Å². The van der Waals surface area contributed by atoms with Crippen LogP contribution in [0.4, 0.5) is 0 Å². The van der Waals surface area contributed by atoms with Gasteiger partial charge in [-0.1, -0.05) is 30.3 Å². The summed E-state index contributed by atoms with van der Waals surface area (Å²) in [4.78, 5) is 10.5. The van der Waals surface area contributed by atoms with E-state index in [1.807, 2.05) is 30.3 Å². The highest BCUT2D eigenvalue weighted by Crippen LogP contribution is 2.47. The van der Waals surface area contributed by atoms with E-state index in [2.05, 4.69) is 5.09 Å². The zero-order chi connectivity index (χ0) is 16.3. The summed E-state index contributed by atoms with van der Waals surface area (Å²) in [6.45, 7) is 1.24. The van der Waals surface area contributed by atoms with E-state index in [4.69, 9.17) is 27.7 Å². The predicted octanol–water partition coefficient (Wildman–Crippen LogP) is 3.27. The molecule has 124 valence electrons. The van der Waals surface area contributed by atoms with Gasteiger partial charge in [-0.05, 0) is 5.56 Å². The van der Waals surface area contributed by atoms with Gasteiger partial charge in [0.1, 0.15) is 6.29 Å². The van der Waals surface area contributed by atoms with Gasteiger partial charge in [-0.25, -0.2) is 9.76 Å². The number of benzene rings is 1. The van der Waals surface area contributed by atoms with Crippen molar-refractivity contribution in [1.29, 1.82) is 0 Å². The molecule has 0 amide bonds. The molecule has 1 aromatic rings. The second kappa shape index (κ2) is 11.2. The number of halogens is 2. The molecular formula is C14H21Cl2N2O3P. The Kier molecular flexibility index (Phi) is 9.96. The van der Waals surface area contributed by atoms with Crippen molar-refractivity contribution < 1.29 is 13.9 Å². The summed E-state index contributed by atoms with van der Waals surface area (Å²) in [5.74, 6) is 0.621. The fourth-order valence-electron chi connectivity index (χ4n) is 1.80. The van der Waals surface area contributed by atoms with Gasteiger partial charge < -0.3 is 9.32 Å². The molecular weight excluding hydrogens is 346 g/mol.